The summed E-state index contributed by atoms with van der Waals surface area (Å²) in [7, 11) is 2.00. The number of nitrogens with one attached hydrogen (secondary N) is 1. The smallest absolute Gasteiger partial charge is 0.123 e. The molecule has 0 fully saturated rings. The van der Waals surface area contributed by atoms with Crippen LogP contribution in [0.2, 0.25) is 0 Å². The van der Waals surface area contributed by atoms with E-state index in [9.17, 15) is 4.39 Å². The van der Waals surface area contributed by atoms with Gasteiger partial charge in [0.1, 0.15) is 5.82 Å². The summed E-state index contributed by atoms with van der Waals surface area (Å²) in [5, 5.41) is 3.34. The van der Waals surface area contributed by atoms with E-state index in [1.165, 1.54) is 6.07 Å². The van der Waals surface area contributed by atoms with Crippen molar-refractivity contribution in [2.45, 2.75) is 26.4 Å². The molecule has 0 unspecified atom stereocenters. The largest absolute Gasteiger partial charge is 0.370 e. The number of pyridine rings is 1. The molecule has 1 N–H and O–H groups in total. The van der Waals surface area contributed by atoms with Crippen molar-refractivity contribution in [1.29, 1.82) is 0 Å². The van der Waals surface area contributed by atoms with Crippen LogP contribution in [-0.4, -0.2) is 18.6 Å². The lowest BCUT2D eigenvalue weighted by atomic mass is 10.2. The highest BCUT2D eigenvalue weighted by atomic mass is 19.1. The number of benzene rings is 1. The van der Waals surface area contributed by atoms with Crippen LogP contribution in [0.1, 0.15) is 24.6 Å². The molecule has 0 amide bonds. The highest BCUT2D eigenvalue weighted by molar-refractivity contribution is 5.46. The first-order chi connectivity index (χ1) is 10.2. The van der Waals surface area contributed by atoms with Crippen LogP contribution in [-0.2, 0) is 13.1 Å². The lowest BCUT2D eigenvalue weighted by Crippen LogP contribution is -2.18. The van der Waals surface area contributed by atoms with Gasteiger partial charge in [-0.2, -0.15) is 0 Å². The third-order valence-corrected chi connectivity index (χ3v) is 3.28. The number of anilines is 1. The Morgan fingerprint density at radius 2 is 2.10 bits per heavy atom. The highest BCUT2D eigenvalue weighted by Crippen LogP contribution is 2.16. The van der Waals surface area contributed by atoms with Crippen molar-refractivity contribution < 1.29 is 4.39 Å². The minimum atomic E-state index is -0.194. The maximum absolute atomic E-state index is 13.2. The van der Waals surface area contributed by atoms with Gasteiger partial charge in [-0.05, 0) is 42.8 Å². The second-order valence-corrected chi connectivity index (χ2v) is 5.17. The molecular formula is C17H22FN3. The van der Waals surface area contributed by atoms with Crippen LogP contribution in [0.15, 0.2) is 42.6 Å². The number of hydrogen-bond acceptors (Lipinski definition) is 3. The monoisotopic (exact) mass is 287 g/mol. The van der Waals surface area contributed by atoms with E-state index in [4.69, 9.17) is 0 Å². The Labute approximate surface area is 125 Å². The molecule has 0 aliphatic carbocycles. The first-order valence-electron chi connectivity index (χ1n) is 7.30. The molecule has 0 saturated carbocycles. The lowest BCUT2D eigenvalue weighted by Gasteiger charge is -2.20. The zero-order valence-corrected chi connectivity index (χ0v) is 12.6. The first-order valence-corrected chi connectivity index (χ1v) is 7.30. The van der Waals surface area contributed by atoms with Crippen molar-refractivity contribution in [3.05, 3.63) is 59.7 Å². The molecule has 112 valence electrons. The SMILES string of the molecule is CCCNCc1cc(N(C)Cc2cccc(F)c2)ccn1. The highest BCUT2D eigenvalue weighted by Gasteiger charge is 2.04. The van der Waals surface area contributed by atoms with Gasteiger partial charge in [0, 0.05) is 32.0 Å². The Bertz CT molecular complexity index is 571. The first kappa shape index (κ1) is 15.4. The Kier molecular flexibility index (Phi) is 5.69. The van der Waals surface area contributed by atoms with Crippen molar-refractivity contribution in [2.75, 3.05) is 18.5 Å². The molecule has 0 saturated heterocycles. The van der Waals surface area contributed by atoms with Gasteiger partial charge in [0.2, 0.25) is 0 Å². The zero-order chi connectivity index (χ0) is 15.1. The number of hydrogen-bond donors (Lipinski definition) is 1. The van der Waals surface area contributed by atoms with Crippen molar-refractivity contribution in [2.24, 2.45) is 0 Å². The van der Waals surface area contributed by atoms with Gasteiger partial charge >= 0.3 is 0 Å². The zero-order valence-electron chi connectivity index (χ0n) is 12.6. The second-order valence-electron chi connectivity index (χ2n) is 5.17. The predicted octanol–water partition coefficient (Wildman–Crippen LogP) is 3.36. The summed E-state index contributed by atoms with van der Waals surface area (Å²) in [5.41, 5.74) is 3.06. The van der Waals surface area contributed by atoms with Gasteiger partial charge in [-0.25, -0.2) is 4.39 Å². The molecule has 0 aliphatic rings. The van der Waals surface area contributed by atoms with E-state index < -0.39 is 0 Å². The van der Waals surface area contributed by atoms with Gasteiger partial charge in [0.15, 0.2) is 0 Å². The molecule has 2 aromatic rings. The maximum Gasteiger partial charge on any atom is 0.123 e. The summed E-state index contributed by atoms with van der Waals surface area (Å²) in [6.45, 7) is 4.58. The van der Waals surface area contributed by atoms with Gasteiger partial charge in [-0.3, -0.25) is 4.98 Å². The maximum atomic E-state index is 13.2. The van der Waals surface area contributed by atoms with Crippen molar-refractivity contribution in [1.82, 2.24) is 10.3 Å². The standard InChI is InChI=1S/C17H22FN3/c1-3-8-19-12-16-11-17(7-9-20-16)21(2)13-14-5-4-6-15(18)10-14/h4-7,9-11,19H,3,8,12-13H2,1-2H3. The molecule has 0 spiro atoms. The van der Waals surface area contributed by atoms with E-state index in [0.717, 1.165) is 36.5 Å². The van der Waals surface area contributed by atoms with E-state index in [-0.39, 0.29) is 5.82 Å². The van der Waals surface area contributed by atoms with Gasteiger partial charge in [0.05, 0.1) is 5.69 Å². The van der Waals surface area contributed by atoms with Crippen molar-refractivity contribution in [3.63, 3.8) is 0 Å². The van der Waals surface area contributed by atoms with E-state index in [2.05, 4.69) is 28.2 Å². The van der Waals surface area contributed by atoms with Crippen LogP contribution in [0.25, 0.3) is 0 Å². The number of halogens is 1. The Balaban J connectivity index is 2.01. The molecule has 2 rings (SSSR count). The average Bonchev–Trinajstić information content (AvgIpc) is 2.48. The third-order valence-electron chi connectivity index (χ3n) is 3.28. The lowest BCUT2D eigenvalue weighted by molar-refractivity contribution is 0.625. The van der Waals surface area contributed by atoms with E-state index in [1.807, 2.05) is 25.4 Å². The van der Waals surface area contributed by atoms with Crippen LogP contribution >= 0.6 is 0 Å². The normalized spacial score (nSPS) is 10.6. The molecule has 1 aromatic carbocycles. The molecule has 1 aromatic heterocycles. The fourth-order valence-electron chi connectivity index (χ4n) is 2.19. The molecule has 0 aliphatic heterocycles. The molecule has 4 heteroatoms. The molecule has 0 radical (unpaired) electrons. The summed E-state index contributed by atoms with van der Waals surface area (Å²) in [6, 6.07) is 10.8. The van der Waals surface area contributed by atoms with Gasteiger partial charge in [-0.15, -0.1) is 0 Å². The van der Waals surface area contributed by atoms with Crippen LogP contribution in [0, 0.1) is 5.82 Å². The Hall–Kier alpha value is -1.94. The van der Waals surface area contributed by atoms with Crippen LogP contribution in [0.4, 0.5) is 10.1 Å². The molecule has 1 heterocycles. The van der Waals surface area contributed by atoms with Crippen molar-refractivity contribution in [3.8, 4) is 0 Å². The van der Waals surface area contributed by atoms with Gasteiger partial charge < -0.3 is 10.2 Å². The number of rotatable bonds is 7. The summed E-state index contributed by atoms with van der Waals surface area (Å²) >= 11 is 0. The van der Waals surface area contributed by atoms with Gasteiger partial charge in [-0.1, -0.05) is 19.1 Å². The van der Waals surface area contributed by atoms with Gasteiger partial charge in [0.25, 0.3) is 0 Å². The summed E-state index contributed by atoms with van der Waals surface area (Å²) in [6.07, 6.45) is 2.93. The summed E-state index contributed by atoms with van der Waals surface area (Å²) in [5.74, 6) is -0.194. The molecule has 3 nitrogen and oxygen atoms in total. The number of aromatic nitrogens is 1. The van der Waals surface area contributed by atoms with E-state index >= 15 is 0 Å². The summed E-state index contributed by atoms with van der Waals surface area (Å²) in [4.78, 5) is 6.46. The van der Waals surface area contributed by atoms with Crippen LogP contribution in [0.5, 0.6) is 0 Å². The molecule has 0 bridgehead atoms. The average molecular weight is 287 g/mol. The fraction of sp³-hybridized carbons (Fsp3) is 0.353. The molecule has 0 atom stereocenters. The van der Waals surface area contributed by atoms with Crippen LogP contribution in [0.3, 0.4) is 0 Å². The topological polar surface area (TPSA) is 28.2 Å². The van der Waals surface area contributed by atoms with E-state index in [0.29, 0.717) is 6.54 Å². The number of nitrogens with zero attached hydrogens (tertiary/aromatic N) is 2. The second kappa shape index (κ2) is 7.74. The van der Waals surface area contributed by atoms with Crippen molar-refractivity contribution >= 4 is 5.69 Å². The fourth-order valence-corrected chi connectivity index (χ4v) is 2.19. The quantitative estimate of drug-likeness (QED) is 0.792. The molecule has 21 heavy (non-hydrogen) atoms. The van der Waals surface area contributed by atoms with Crippen LogP contribution < -0.4 is 10.2 Å². The Morgan fingerprint density at radius 3 is 2.86 bits per heavy atom. The molecular weight excluding hydrogens is 265 g/mol. The Morgan fingerprint density at radius 1 is 1.24 bits per heavy atom. The predicted molar refractivity (Wildman–Crippen MR) is 84.7 cm³/mol. The third kappa shape index (κ3) is 4.83. The van der Waals surface area contributed by atoms with E-state index in [1.54, 1.807) is 12.1 Å². The minimum absolute atomic E-state index is 0.194. The summed E-state index contributed by atoms with van der Waals surface area (Å²) < 4.78 is 13.2. The minimum Gasteiger partial charge on any atom is -0.370 e.